The van der Waals surface area contributed by atoms with E-state index >= 15 is 0 Å². The van der Waals surface area contributed by atoms with Gasteiger partial charge in [-0.15, -0.1) is 0 Å². The number of hydrogen-bond acceptors (Lipinski definition) is 3. The highest BCUT2D eigenvalue weighted by atomic mass is 79.9. The number of benzene rings is 1. The second kappa shape index (κ2) is 5.72. The number of nitrogens with zero attached hydrogens (tertiary/aromatic N) is 1. The summed E-state index contributed by atoms with van der Waals surface area (Å²) in [7, 11) is 0. The average Bonchev–Trinajstić information content (AvgIpc) is 2.37. The number of ether oxygens (including phenoxy) is 1. The lowest BCUT2D eigenvalue weighted by Crippen LogP contribution is -2.03. The molecule has 0 unspecified atom stereocenters. The van der Waals surface area contributed by atoms with Crippen LogP contribution in [0.15, 0.2) is 28.7 Å². The van der Waals surface area contributed by atoms with Crippen LogP contribution in [0.5, 0.6) is 11.6 Å². The van der Waals surface area contributed by atoms with Crippen LogP contribution < -0.4 is 4.74 Å². The highest BCUT2D eigenvalue weighted by molar-refractivity contribution is 9.10. The van der Waals surface area contributed by atoms with Gasteiger partial charge in [-0.05, 0) is 18.2 Å². The highest BCUT2D eigenvalue weighted by Crippen LogP contribution is 2.29. The number of carbonyl (C=O) groups is 1. The van der Waals surface area contributed by atoms with Crippen LogP contribution >= 0.6 is 27.5 Å². The number of hydrogen-bond donors (Lipinski definition) is 1. The largest absolute Gasteiger partial charge is 0.476 e. The summed E-state index contributed by atoms with van der Waals surface area (Å²) in [5.41, 5.74) is -0.444. The Kier molecular flexibility index (Phi) is 4.20. The summed E-state index contributed by atoms with van der Waals surface area (Å²) >= 11 is 8.62. The van der Waals surface area contributed by atoms with Crippen LogP contribution in [-0.2, 0) is 0 Å². The second-order valence-electron chi connectivity index (χ2n) is 3.59. The standard InChI is InChI=1S/C12H5BrClF2NO3/c13-5-3-7(15)10(16)8(4-5)20-9-2-1-6(14)11(17-9)12(18)19/h1-4H,(H,18,19). The first-order valence-electron chi connectivity index (χ1n) is 5.10. The van der Waals surface area contributed by atoms with Crippen LogP contribution in [0, 0.1) is 11.6 Å². The van der Waals surface area contributed by atoms with Crippen molar-refractivity contribution < 1.29 is 23.4 Å². The maximum atomic E-state index is 13.5. The topological polar surface area (TPSA) is 59.4 Å². The molecule has 0 aliphatic carbocycles. The van der Waals surface area contributed by atoms with Crippen molar-refractivity contribution >= 4 is 33.5 Å². The molecule has 0 spiro atoms. The smallest absolute Gasteiger partial charge is 0.356 e. The summed E-state index contributed by atoms with van der Waals surface area (Å²) in [4.78, 5) is 14.5. The molecule has 1 N–H and O–H groups in total. The maximum Gasteiger partial charge on any atom is 0.356 e. The predicted molar refractivity (Wildman–Crippen MR) is 70.3 cm³/mol. The highest BCUT2D eigenvalue weighted by Gasteiger charge is 2.16. The fourth-order valence-corrected chi connectivity index (χ4v) is 1.95. The molecule has 20 heavy (non-hydrogen) atoms. The van der Waals surface area contributed by atoms with Crippen LogP contribution in [0.1, 0.15) is 10.5 Å². The lowest BCUT2D eigenvalue weighted by atomic mass is 10.3. The van der Waals surface area contributed by atoms with Crippen molar-refractivity contribution in [3.8, 4) is 11.6 Å². The van der Waals surface area contributed by atoms with Gasteiger partial charge in [0.15, 0.2) is 17.3 Å². The van der Waals surface area contributed by atoms with Gasteiger partial charge in [0.1, 0.15) is 0 Å². The molecule has 0 aliphatic rings. The van der Waals surface area contributed by atoms with Crippen molar-refractivity contribution in [2.24, 2.45) is 0 Å². The Bertz CT molecular complexity index is 697. The van der Waals surface area contributed by atoms with E-state index in [2.05, 4.69) is 20.9 Å². The molecule has 2 rings (SSSR count). The van der Waals surface area contributed by atoms with Gasteiger partial charge >= 0.3 is 5.97 Å². The van der Waals surface area contributed by atoms with Gasteiger partial charge in [0.25, 0.3) is 0 Å². The summed E-state index contributed by atoms with van der Waals surface area (Å²) < 4.78 is 32.0. The molecule has 0 saturated carbocycles. The molecule has 104 valence electrons. The minimum absolute atomic E-state index is 0.0919. The first-order chi connectivity index (χ1) is 9.38. The van der Waals surface area contributed by atoms with Gasteiger partial charge in [-0.25, -0.2) is 14.2 Å². The van der Waals surface area contributed by atoms with Gasteiger partial charge in [-0.1, -0.05) is 27.5 Å². The zero-order valence-corrected chi connectivity index (χ0v) is 11.9. The number of aromatic nitrogens is 1. The molecule has 0 amide bonds. The third-order valence-electron chi connectivity index (χ3n) is 2.20. The van der Waals surface area contributed by atoms with Gasteiger partial charge in [-0.2, -0.15) is 4.39 Å². The summed E-state index contributed by atoms with van der Waals surface area (Å²) in [5, 5.41) is 8.76. The van der Waals surface area contributed by atoms with Gasteiger partial charge in [-0.3, -0.25) is 0 Å². The van der Waals surface area contributed by atoms with Crippen LogP contribution in [-0.4, -0.2) is 16.1 Å². The third kappa shape index (κ3) is 3.05. The van der Waals surface area contributed by atoms with E-state index in [9.17, 15) is 13.6 Å². The fourth-order valence-electron chi connectivity index (χ4n) is 1.35. The molecule has 1 aromatic carbocycles. The molecular weight excluding hydrogens is 359 g/mol. The SMILES string of the molecule is O=C(O)c1nc(Oc2cc(Br)cc(F)c2F)ccc1Cl. The van der Waals surface area contributed by atoms with Crippen molar-refractivity contribution in [3.63, 3.8) is 0 Å². The number of rotatable bonds is 3. The lowest BCUT2D eigenvalue weighted by Gasteiger charge is -2.08. The average molecular weight is 365 g/mol. The number of carboxylic acids is 1. The maximum absolute atomic E-state index is 13.5. The van der Waals surface area contributed by atoms with Gasteiger partial charge in [0, 0.05) is 10.5 Å². The van der Waals surface area contributed by atoms with Gasteiger partial charge in [0.05, 0.1) is 5.02 Å². The zero-order valence-electron chi connectivity index (χ0n) is 9.53. The Morgan fingerprint density at radius 2 is 2.05 bits per heavy atom. The molecule has 0 saturated heterocycles. The molecule has 0 bridgehead atoms. The number of halogens is 4. The first kappa shape index (κ1) is 14.7. The van der Waals surface area contributed by atoms with Crippen molar-refractivity contribution in [2.75, 3.05) is 0 Å². The predicted octanol–water partition coefficient (Wildman–Crippen LogP) is 4.27. The molecule has 0 aliphatic heterocycles. The second-order valence-corrected chi connectivity index (χ2v) is 4.91. The van der Waals surface area contributed by atoms with E-state index in [1.54, 1.807) is 0 Å². The van der Waals surface area contributed by atoms with Crippen molar-refractivity contribution in [1.29, 1.82) is 0 Å². The number of aromatic carboxylic acids is 1. The number of pyridine rings is 1. The zero-order chi connectivity index (χ0) is 14.9. The van der Waals surface area contributed by atoms with Crippen LogP contribution in [0.3, 0.4) is 0 Å². The van der Waals surface area contributed by atoms with E-state index < -0.39 is 29.0 Å². The van der Waals surface area contributed by atoms with E-state index in [0.717, 1.165) is 6.07 Å². The lowest BCUT2D eigenvalue weighted by molar-refractivity contribution is 0.0690. The minimum Gasteiger partial charge on any atom is -0.476 e. The quantitative estimate of drug-likeness (QED) is 0.827. The molecule has 2 aromatic rings. The Hall–Kier alpha value is -1.73. The normalized spacial score (nSPS) is 10.4. The summed E-state index contributed by atoms with van der Waals surface area (Å²) in [6, 6.07) is 4.60. The minimum atomic E-state index is -1.36. The monoisotopic (exact) mass is 363 g/mol. The van der Waals surface area contributed by atoms with Gasteiger partial charge in [0.2, 0.25) is 11.7 Å². The van der Waals surface area contributed by atoms with Crippen LogP contribution in [0.4, 0.5) is 8.78 Å². The summed E-state index contributed by atoms with van der Waals surface area (Å²) in [6.45, 7) is 0. The summed E-state index contributed by atoms with van der Waals surface area (Å²) in [6.07, 6.45) is 0. The third-order valence-corrected chi connectivity index (χ3v) is 2.96. The molecule has 1 aromatic heterocycles. The molecule has 0 radical (unpaired) electrons. The molecule has 0 atom stereocenters. The molecule has 4 nitrogen and oxygen atoms in total. The Morgan fingerprint density at radius 1 is 1.35 bits per heavy atom. The van der Waals surface area contributed by atoms with Gasteiger partial charge < -0.3 is 9.84 Å². The molecule has 8 heteroatoms. The van der Waals surface area contributed by atoms with E-state index in [-0.39, 0.29) is 15.4 Å². The van der Waals surface area contributed by atoms with E-state index in [1.807, 2.05) is 0 Å². The summed E-state index contributed by atoms with van der Waals surface area (Å²) in [5.74, 6) is -4.32. The molecular formula is C12H5BrClF2NO3. The molecule has 1 heterocycles. The Morgan fingerprint density at radius 3 is 2.70 bits per heavy atom. The molecule has 0 fully saturated rings. The van der Waals surface area contributed by atoms with Crippen LogP contribution in [0.25, 0.3) is 0 Å². The van der Waals surface area contributed by atoms with Crippen molar-refractivity contribution in [2.45, 2.75) is 0 Å². The van der Waals surface area contributed by atoms with E-state index in [0.29, 0.717) is 0 Å². The van der Waals surface area contributed by atoms with Crippen molar-refractivity contribution in [1.82, 2.24) is 4.98 Å². The van der Waals surface area contributed by atoms with E-state index in [4.69, 9.17) is 21.4 Å². The Labute approximate surface area is 125 Å². The van der Waals surface area contributed by atoms with Crippen molar-refractivity contribution in [3.05, 3.63) is 51.1 Å². The number of carboxylic acid groups (broad SMARTS) is 1. The van der Waals surface area contributed by atoms with E-state index in [1.165, 1.54) is 18.2 Å². The van der Waals surface area contributed by atoms with Crippen LogP contribution in [0.2, 0.25) is 5.02 Å². The fraction of sp³-hybridized carbons (Fsp3) is 0. The first-order valence-corrected chi connectivity index (χ1v) is 6.28. The Balaban J connectivity index is 2.40.